The number of amides is 1. The van der Waals surface area contributed by atoms with Crippen LogP contribution in [0.3, 0.4) is 0 Å². The Bertz CT molecular complexity index is 1260. The van der Waals surface area contributed by atoms with Gasteiger partial charge in [0.2, 0.25) is 5.95 Å². The van der Waals surface area contributed by atoms with Crippen molar-refractivity contribution < 1.29 is 14.5 Å². The molecular weight excluding hydrogens is 456 g/mol. The summed E-state index contributed by atoms with van der Waals surface area (Å²) in [6.07, 6.45) is 3.24. The van der Waals surface area contributed by atoms with Gasteiger partial charge in [-0.15, -0.1) is 0 Å². The molecule has 0 bridgehead atoms. The lowest BCUT2D eigenvalue weighted by Gasteiger charge is -2.28. The lowest BCUT2D eigenvalue weighted by molar-refractivity contribution is -0.384. The average Bonchev–Trinajstić information content (AvgIpc) is 2.86. The largest absolute Gasteiger partial charge is 0.378 e. The second-order valence-corrected chi connectivity index (χ2v) is 8.63. The summed E-state index contributed by atoms with van der Waals surface area (Å²) >= 11 is 1.22. The Labute approximate surface area is 199 Å². The van der Waals surface area contributed by atoms with E-state index in [-0.39, 0.29) is 11.6 Å². The van der Waals surface area contributed by atoms with Crippen LogP contribution in [-0.2, 0) is 9.53 Å². The normalized spacial score (nSPS) is 16.6. The number of carbonyl (C=O) groups is 1. The third kappa shape index (κ3) is 4.85. The van der Waals surface area contributed by atoms with E-state index in [1.165, 1.54) is 23.9 Å². The van der Waals surface area contributed by atoms with Crippen LogP contribution in [0, 0.1) is 10.1 Å². The van der Waals surface area contributed by atoms with Crippen molar-refractivity contribution in [2.75, 3.05) is 41.8 Å². The number of anilines is 4. The zero-order valence-corrected chi connectivity index (χ0v) is 18.7. The second kappa shape index (κ2) is 9.49. The van der Waals surface area contributed by atoms with E-state index < -0.39 is 4.92 Å². The van der Waals surface area contributed by atoms with E-state index in [0.717, 1.165) is 37.7 Å². The Morgan fingerprint density at radius 2 is 1.85 bits per heavy atom. The van der Waals surface area contributed by atoms with Gasteiger partial charge >= 0.3 is 0 Å². The summed E-state index contributed by atoms with van der Waals surface area (Å²) in [5, 5.41) is 17.4. The van der Waals surface area contributed by atoms with Gasteiger partial charge in [0.05, 0.1) is 34.9 Å². The highest BCUT2D eigenvalue weighted by Crippen LogP contribution is 2.38. The summed E-state index contributed by atoms with van der Waals surface area (Å²) < 4.78 is 5.40. The van der Waals surface area contributed by atoms with Gasteiger partial charge in [0.15, 0.2) is 0 Å². The Morgan fingerprint density at radius 1 is 1.12 bits per heavy atom. The van der Waals surface area contributed by atoms with Crippen LogP contribution >= 0.6 is 11.8 Å². The molecule has 11 heteroatoms. The third-order valence-electron chi connectivity index (χ3n) is 5.33. The number of thioether (sulfide) groups is 1. The molecule has 2 aliphatic rings. The third-order valence-corrected chi connectivity index (χ3v) is 6.36. The van der Waals surface area contributed by atoms with Crippen LogP contribution in [-0.4, -0.2) is 47.1 Å². The van der Waals surface area contributed by atoms with Crippen LogP contribution in [0.4, 0.5) is 28.7 Å². The van der Waals surface area contributed by atoms with Gasteiger partial charge in [-0.25, -0.2) is 9.97 Å². The van der Waals surface area contributed by atoms with Crippen LogP contribution in [0.2, 0.25) is 0 Å². The molecule has 34 heavy (non-hydrogen) atoms. The highest BCUT2D eigenvalue weighted by molar-refractivity contribution is 8.04. The minimum atomic E-state index is -0.461. The van der Waals surface area contributed by atoms with E-state index in [1.807, 2.05) is 24.3 Å². The van der Waals surface area contributed by atoms with Crippen molar-refractivity contribution in [3.8, 4) is 0 Å². The van der Waals surface area contributed by atoms with E-state index in [0.29, 0.717) is 27.1 Å². The number of non-ortho nitro benzene ring substituents is 1. The molecule has 1 saturated heterocycles. The number of fused-ring (bicyclic) bond motifs is 1. The molecule has 2 aromatic carbocycles. The molecule has 1 aromatic heterocycles. The Kier molecular flexibility index (Phi) is 6.11. The topological polar surface area (TPSA) is 123 Å². The van der Waals surface area contributed by atoms with Gasteiger partial charge < -0.3 is 20.3 Å². The van der Waals surface area contributed by atoms with Crippen molar-refractivity contribution in [3.63, 3.8) is 0 Å². The predicted octanol–water partition coefficient (Wildman–Crippen LogP) is 4.05. The van der Waals surface area contributed by atoms with Crippen LogP contribution in [0.5, 0.6) is 0 Å². The van der Waals surface area contributed by atoms with Crippen molar-refractivity contribution in [1.82, 2.24) is 9.97 Å². The zero-order chi connectivity index (χ0) is 23.5. The maximum atomic E-state index is 12.5. The highest BCUT2D eigenvalue weighted by atomic mass is 32.2. The SMILES string of the molecule is O=C1Nc2cnc(Nc3ccc(N4CCOCC4)cc3)nc2SC1=Cc1ccc([N+](=O)[O-])cc1. The van der Waals surface area contributed by atoms with Crippen molar-refractivity contribution in [1.29, 1.82) is 0 Å². The number of hydrogen-bond donors (Lipinski definition) is 2. The van der Waals surface area contributed by atoms with Crippen LogP contribution in [0.15, 0.2) is 64.7 Å². The van der Waals surface area contributed by atoms with Crippen molar-refractivity contribution >= 4 is 52.4 Å². The fourth-order valence-corrected chi connectivity index (χ4v) is 4.46. The van der Waals surface area contributed by atoms with Gasteiger partial charge in [0, 0.05) is 36.6 Å². The number of morpholine rings is 1. The maximum Gasteiger partial charge on any atom is 0.269 e. The molecule has 172 valence electrons. The quantitative estimate of drug-likeness (QED) is 0.243. The standard InChI is InChI=1S/C23H20N6O4S/c30-21-20(13-15-1-5-18(6-2-15)29(31)32)34-22-19(26-21)14-24-23(27-22)25-16-3-7-17(8-4-16)28-9-11-33-12-10-28/h1-8,13-14H,9-12H2,(H,26,30)(H,24,25,27). The number of carbonyl (C=O) groups excluding carboxylic acids is 1. The number of nitro benzene ring substituents is 1. The molecule has 1 amide bonds. The van der Waals surface area contributed by atoms with Gasteiger partial charge in [-0.1, -0.05) is 11.8 Å². The van der Waals surface area contributed by atoms with Crippen molar-refractivity contribution in [2.45, 2.75) is 5.03 Å². The molecule has 0 saturated carbocycles. The monoisotopic (exact) mass is 476 g/mol. The number of nitrogens with zero attached hydrogens (tertiary/aromatic N) is 4. The molecule has 2 N–H and O–H groups in total. The number of benzene rings is 2. The van der Waals surface area contributed by atoms with Gasteiger partial charge in [-0.05, 0) is 48.0 Å². The molecule has 3 heterocycles. The van der Waals surface area contributed by atoms with E-state index >= 15 is 0 Å². The molecule has 0 atom stereocenters. The zero-order valence-electron chi connectivity index (χ0n) is 17.9. The lowest BCUT2D eigenvalue weighted by atomic mass is 10.2. The molecular formula is C23H20N6O4S. The number of nitro groups is 1. The fraction of sp³-hybridized carbons (Fsp3) is 0.174. The number of hydrogen-bond acceptors (Lipinski definition) is 9. The molecule has 0 spiro atoms. The molecule has 0 radical (unpaired) electrons. The molecule has 0 unspecified atom stereocenters. The summed E-state index contributed by atoms with van der Waals surface area (Å²) in [6.45, 7) is 3.22. The average molecular weight is 477 g/mol. The smallest absolute Gasteiger partial charge is 0.269 e. The summed E-state index contributed by atoms with van der Waals surface area (Å²) in [5.41, 5.74) is 3.20. The highest BCUT2D eigenvalue weighted by Gasteiger charge is 2.23. The van der Waals surface area contributed by atoms with Gasteiger partial charge in [0.1, 0.15) is 5.03 Å². The van der Waals surface area contributed by atoms with E-state index in [1.54, 1.807) is 24.4 Å². The number of nitrogens with one attached hydrogen (secondary N) is 2. The first-order chi connectivity index (χ1) is 16.5. The molecule has 1 fully saturated rings. The summed E-state index contributed by atoms with van der Waals surface area (Å²) in [6, 6.07) is 14.0. The first kappa shape index (κ1) is 21.9. The fourth-order valence-electron chi connectivity index (χ4n) is 3.57. The summed E-state index contributed by atoms with van der Waals surface area (Å²) in [7, 11) is 0. The lowest BCUT2D eigenvalue weighted by Crippen LogP contribution is -2.36. The minimum Gasteiger partial charge on any atom is -0.378 e. The predicted molar refractivity (Wildman–Crippen MR) is 130 cm³/mol. The van der Waals surface area contributed by atoms with Gasteiger partial charge in [0.25, 0.3) is 11.6 Å². The second-order valence-electron chi connectivity index (χ2n) is 7.60. The molecule has 0 aliphatic carbocycles. The Hall–Kier alpha value is -3.96. The molecule has 3 aromatic rings. The Balaban J connectivity index is 1.30. The minimum absolute atomic E-state index is 0.00493. The van der Waals surface area contributed by atoms with Gasteiger partial charge in [-0.3, -0.25) is 14.9 Å². The van der Waals surface area contributed by atoms with E-state index in [4.69, 9.17) is 4.74 Å². The first-order valence-electron chi connectivity index (χ1n) is 10.6. The van der Waals surface area contributed by atoms with E-state index in [9.17, 15) is 14.9 Å². The van der Waals surface area contributed by atoms with Crippen LogP contribution < -0.4 is 15.5 Å². The summed E-state index contributed by atoms with van der Waals surface area (Å²) in [5.74, 6) is 0.134. The van der Waals surface area contributed by atoms with Crippen molar-refractivity contribution in [3.05, 3.63) is 75.3 Å². The molecule has 2 aliphatic heterocycles. The first-order valence-corrected chi connectivity index (χ1v) is 11.4. The number of aromatic nitrogens is 2. The van der Waals surface area contributed by atoms with Crippen LogP contribution in [0.25, 0.3) is 6.08 Å². The Morgan fingerprint density at radius 3 is 2.56 bits per heavy atom. The number of ether oxygens (including phenoxy) is 1. The number of rotatable bonds is 5. The summed E-state index contributed by atoms with van der Waals surface area (Å²) in [4.78, 5) is 34.4. The van der Waals surface area contributed by atoms with Gasteiger partial charge in [-0.2, -0.15) is 0 Å². The molecule has 5 rings (SSSR count). The molecule has 10 nitrogen and oxygen atoms in total. The van der Waals surface area contributed by atoms with Crippen LogP contribution in [0.1, 0.15) is 5.56 Å². The maximum absolute atomic E-state index is 12.5. The van der Waals surface area contributed by atoms with Crippen molar-refractivity contribution in [2.24, 2.45) is 0 Å². The van der Waals surface area contributed by atoms with E-state index in [2.05, 4.69) is 25.5 Å².